The molecule has 0 amide bonds. The van der Waals surface area contributed by atoms with Gasteiger partial charge in [0.1, 0.15) is 12.2 Å². The van der Waals surface area contributed by atoms with Crippen LogP contribution in [0.3, 0.4) is 0 Å². The van der Waals surface area contributed by atoms with Gasteiger partial charge in [0.05, 0.1) is 17.2 Å². The van der Waals surface area contributed by atoms with Gasteiger partial charge in [-0.05, 0) is 6.54 Å². The van der Waals surface area contributed by atoms with Crippen molar-refractivity contribution in [1.29, 1.82) is 0 Å². The Morgan fingerprint density at radius 2 is 2.38 bits per heavy atom. The SMILES string of the molecule is CCNC(Cc1ncnn1C)c1cscn1. The van der Waals surface area contributed by atoms with Crippen LogP contribution in [-0.2, 0) is 13.5 Å². The van der Waals surface area contributed by atoms with Crippen molar-refractivity contribution in [1.82, 2.24) is 25.1 Å². The molecule has 0 saturated carbocycles. The van der Waals surface area contributed by atoms with E-state index in [1.807, 2.05) is 12.6 Å². The summed E-state index contributed by atoms with van der Waals surface area (Å²) in [5.74, 6) is 0.971. The van der Waals surface area contributed by atoms with Crippen LogP contribution in [0.1, 0.15) is 24.5 Å². The van der Waals surface area contributed by atoms with Crippen molar-refractivity contribution < 1.29 is 0 Å². The molecule has 0 aliphatic heterocycles. The summed E-state index contributed by atoms with van der Waals surface area (Å²) in [6.45, 7) is 3.01. The van der Waals surface area contributed by atoms with Gasteiger partial charge in [0, 0.05) is 18.8 Å². The molecular formula is C10H15N5S. The molecule has 86 valence electrons. The molecule has 5 nitrogen and oxygen atoms in total. The van der Waals surface area contributed by atoms with Crippen LogP contribution in [0.5, 0.6) is 0 Å². The number of nitrogens with one attached hydrogen (secondary N) is 1. The Morgan fingerprint density at radius 1 is 1.50 bits per heavy atom. The molecule has 2 rings (SSSR count). The molecule has 0 saturated heterocycles. The molecule has 0 fully saturated rings. The molecule has 2 aromatic rings. The van der Waals surface area contributed by atoms with Crippen molar-refractivity contribution in [2.45, 2.75) is 19.4 Å². The van der Waals surface area contributed by atoms with Crippen molar-refractivity contribution in [3.63, 3.8) is 0 Å². The molecule has 16 heavy (non-hydrogen) atoms. The third-order valence-corrected chi connectivity index (χ3v) is 3.06. The maximum Gasteiger partial charge on any atom is 0.138 e. The van der Waals surface area contributed by atoms with Gasteiger partial charge in [0.25, 0.3) is 0 Å². The summed E-state index contributed by atoms with van der Waals surface area (Å²) in [7, 11) is 1.91. The van der Waals surface area contributed by atoms with E-state index in [0.717, 1.165) is 24.5 Å². The molecule has 6 heteroatoms. The summed E-state index contributed by atoms with van der Waals surface area (Å²) in [5.41, 5.74) is 2.94. The van der Waals surface area contributed by atoms with Gasteiger partial charge in [0.2, 0.25) is 0 Å². The molecular weight excluding hydrogens is 222 g/mol. The second-order valence-corrected chi connectivity index (χ2v) is 4.25. The smallest absolute Gasteiger partial charge is 0.138 e. The van der Waals surface area contributed by atoms with Crippen molar-refractivity contribution in [3.8, 4) is 0 Å². The van der Waals surface area contributed by atoms with E-state index < -0.39 is 0 Å². The summed E-state index contributed by atoms with van der Waals surface area (Å²) in [6.07, 6.45) is 2.40. The largest absolute Gasteiger partial charge is 0.309 e. The highest BCUT2D eigenvalue weighted by molar-refractivity contribution is 7.07. The fourth-order valence-electron chi connectivity index (χ4n) is 1.61. The predicted molar refractivity (Wildman–Crippen MR) is 63.2 cm³/mol. The minimum absolute atomic E-state index is 0.221. The van der Waals surface area contributed by atoms with Crippen molar-refractivity contribution in [3.05, 3.63) is 28.7 Å². The van der Waals surface area contributed by atoms with Crippen LogP contribution < -0.4 is 5.32 Å². The zero-order chi connectivity index (χ0) is 11.4. The van der Waals surface area contributed by atoms with Crippen LogP contribution in [-0.4, -0.2) is 26.3 Å². The first-order chi connectivity index (χ1) is 7.81. The molecule has 0 bridgehead atoms. The molecule has 1 N–H and O–H groups in total. The lowest BCUT2D eigenvalue weighted by Gasteiger charge is -2.14. The molecule has 2 heterocycles. The fourth-order valence-corrected chi connectivity index (χ4v) is 2.22. The Hall–Kier alpha value is -1.27. The molecule has 0 aliphatic rings. The second kappa shape index (κ2) is 5.18. The lowest BCUT2D eigenvalue weighted by molar-refractivity contribution is 0.513. The van der Waals surface area contributed by atoms with E-state index >= 15 is 0 Å². The number of rotatable bonds is 5. The van der Waals surface area contributed by atoms with Gasteiger partial charge in [-0.15, -0.1) is 11.3 Å². The molecule has 0 radical (unpaired) electrons. The molecule has 0 spiro atoms. The summed E-state index contributed by atoms with van der Waals surface area (Å²) in [6, 6.07) is 0.221. The summed E-state index contributed by atoms with van der Waals surface area (Å²) < 4.78 is 1.80. The first-order valence-corrected chi connectivity index (χ1v) is 6.20. The molecule has 0 aromatic carbocycles. The van der Waals surface area contributed by atoms with Gasteiger partial charge in [0.15, 0.2) is 0 Å². The van der Waals surface area contributed by atoms with Gasteiger partial charge >= 0.3 is 0 Å². The summed E-state index contributed by atoms with van der Waals surface area (Å²) in [4.78, 5) is 8.58. The third kappa shape index (κ3) is 2.45. The standard InChI is InChI=1S/C10H15N5S/c1-3-11-8(9-5-16-7-13-9)4-10-12-6-14-15(10)2/h5-8,11H,3-4H2,1-2H3. The van der Waals surface area contributed by atoms with E-state index in [-0.39, 0.29) is 6.04 Å². The van der Waals surface area contributed by atoms with E-state index in [0.29, 0.717) is 0 Å². The number of aryl methyl sites for hydroxylation is 1. The van der Waals surface area contributed by atoms with Gasteiger partial charge < -0.3 is 5.32 Å². The van der Waals surface area contributed by atoms with E-state index in [9.17, 15) is 0 Å². The van der Waals surface area contributed by atoms with Crippen LogP contribution in [0.25, 0.3) is 0 Å². The molecule has 2 aromatic heterocycles. The van der Waals surface area contributed by atoms with E-state index in [2.05, 4.69) is 32.7 Å². The number of nitrogens with zero attached hydrogens (tertiary/aromatic N) is 4. The zero-order valence-corrected chi connectivity index (χ0v) is 10.2. The van der Waals surface area contributed by atoms with Crippen LogP contribution >= 0.6 is 11.3 Å². The van der Waals surface area contributed by atoms with Gasteiger partial charge in [-0.25, -0.2) is 9.97 Å². The van der Waals surface area contributed by atoms with Crippen LogP contribution in [0.4, 0.5) is 0 Å². The Morgan fingerprint density at radius 3 is 2.94 bits per heavy atom. The highest BCUT2D eigenvalue weighted by Gasteiger charge is 2.15. The third-order valence-electron chi connectivity index (χ3n) is 2.45. The monoisotopic (exact) mass is 237 g/mol. The fraction of sp³-hybridized carbons (Fsp3) is 0.500. The minimum atomic E-state index is 0.221. The molecule has 1 unspecified atom stereocenters. The first kappa shape index (κ1) is 11.2. The van der Waals surface area contributed by atoms with Crippen LogP contribution in [0.2, 0.25) is 0 Å². The van der Waals surface area contributed by atoms with E-state index in [1.54, 1.807) is 22.3 Å². The maximum absolute atomic E-state index is 4.34. The van der Waals surface area contributed by atoms with Crippen LogP contribution in [0.15, 0.2) is 17.2 Å². The number of likely N-dealkylation sites (N-methyl/N-ethyl adjacent to an activating group) is 1. The second-order valence-electron chi connectivity index (χ2n) is 3.53. The Bertz CT molecular complexity index is 422. The van der Waals surface area contributed by atoms with Crippen molar-refractivity contribution in [2.24, 2.45) is 7.05 Å². The number of hydrogen-bond acceptors (Lipinski definition) is 5. The predicted octanol–water partition coefficient (Wildman–Crippen LogP) is 1.16. The van der Waals surface area contributed by atoms with Gasteiger partial charge in [-0.1, -0.05) is 6.92 Å². The van der Waals surface area contributed by atoms with E-state index in [1.165, 1.54) is 0 Å². The Kier molecular flexibility index (Phi) is 3.63. The average Bonchev–Trinajstić information content (AvgIpc) is 2.90. The Balaban J connectivity index is 2.12. The van der Waals surface area contributed by atoms with Crippen LogP contribution in [0, 0.1) is 0 Å². The maximum atomic E-state index is 4.34. The summed E-state index contributed by atoms with van der Waals surface area (Å²) in [5, 5.41) is 9.56. The quantitative estimate of drug-likeness (QED) is 0.848. The lowest BCUT2D eigenvalue weighted by atomic mass is 10.1. The molecule has 0 aliphatic carbocycles. The van der Waals surface area contributed by atoms with E-state index in [4.69, 9.17) is 0 Å². The average molecular weight is 237 g/mol. The number of aromatic nitrogens is 4. The highest BCUT2D eigenvalue weighted by Crippen LogP contribution is 2.16. The Labute approximate surface area is 98.5 Å². The number of thiazole rings is 1. The number of hydrogen-bond donors (Lipinski definition) is 1. The first-order valence-electron chi connectivity index (χ1n) is 5.25. The highest BCUT2D eigenvalue weighted by atomic mass is 32.1. The van der Waals surface area contributed by atoms with Gasteiger partial charge in [-0.3, -0.25) is 4.68 Å². The zero-order valence-electron chi connectivity index (χ0n) is 9.42. The lowest BCUT2D eigenvalue weighted by Crippen LogP contribution is -2.24. The topological polar surface area (TPSA) is 55.6 Å². The normalized spacial score (nSPS) is 12.9. The van der Waals surface area contributed by atoms with Crippen molar-refractivity contribution in [2.75, 3.05) is 6.54 Å². The van der Waals surface area contributed by atoms with Gasteiger partial charge in [-0.2, -0.15) is 5.10 Å². The van der Waals surface area contributed by atoms with Crippen molar-refractivity contribution >= 4 is 11.3 Å². The minimum Gasteiger partial charge on any atom is -0.309 e. The molecule has 1 atom stereocenters. The summed E-state index contributed by atoms with van der Waals surface area (Å²) >= 11 is 1.62.